The molecule has 1 saturated heterocycles. The van der Waals surface area contributed by atoms with E-state index in [0.717, 1.165) is 31.7 Å². The van der Waals surface area contributed by atoms with Gasteiger partial charge in [-0.2, -0.15) is 0 Å². The molecule has 0 unspecified atom stereocenters. The van der Waals surface area contributed by atoms with Crippen molar-refractivity contribution in [2.45, 2.75) is 18.9 Å². The molecular weight excluding hydrogens is 194 g/mol. The molecule has 5 heteroatoms. The second-order valence-electron chi connectivity index (χ2n) is 3.64. The van der Waals surface area contributed by atoms with E-state index < -0.39 is 0 Å². The molecule has 1 aliphatic rings. The summed E-state index contributed by atoms with van der Waals surface area (Å²) >= 11 is 0. The summed E-state index contributed by atoms with van der Waals surface area (Å²) in [4.78, 5) is 20.6. The van der Waals surface area contributed by atoms with E-state index in [9.17, 15) is 9.90 Å². The molecule has 0 aliphatic carbocycles. The van der Waals surface area contributed by atoms with Crippen molar-refractivity contribution in [2.75, 3.05) is 18.0 Å². The molecule has 0 saturated carbocycles. The number of aldehydes is 1. The maximum absolute atomic E-state index is 10.4. The highest BCUT2D eigenvalue weighted by molar-refractivity contribution is 5.71. The van der Waals surface area contributed by atoms with Crippen LogP contribution in [0.4, 0.5) is 5.82 Å². The Hall–Kier alpha value is -1.49. The fourth-order valence-corrected chi connectivity index (χ4v) is 1.65. The van der Waals surface area contributed by atoms with Gasteiger partial charge < -0.3 is 10.0 Å². The molecule has 15 heavy (non-hydrogen) atoms. The normalized spacial score (nSPS) is 17.8. The maximum Gasteiger partial charge on any atom is 0.170 e. The van der Waals surface area contributed by atoms with Crippen LogP contribution in [0.3, 0.4) is 0 Å². The Morgan fingerprint density at radius 1 is 1.33 bits per heavy atom. The molecular formula is C10H13N3O2. The van der Waals surface area contributed by atoms with Gasteiger partial charge in [0.15, 0.2) is 6.29 Å². The van der Waals surface area contributed by atoms with Crippen molar-refractivity contribution < 1.29 is 9.90 Å². The molecule has 0 atom stereocenters. The molecule has 0 aromatic carbocycles. The van der Waals surface area contributed by atoms with Gasteiger partial charge in [0, 0.05) is 13.1 Å². The first-order valence-corrected chi connectivity index (χ1v) is 5.00. The molecule has 0 amide bonds. The van der Waals surface area contributed by atoms with Crippen LogP contribution < -0.4 is 4.90 Å². The fourth-order valence-electron chi connectivity index (χ4n) is 1.65. The molecule has 0 radical (unpaired) electrons. The highest BCUT2D eigenvalue weighted by Gasteiger charge is 2.17. The van der Waals surface area contributed by atoms with E-state index in [1.165, 1.54) is 6.20 Å². The van der Waals surface area contributed by atoms with Crippen LogP contribution in [0, 0.1) is 0 Å². The van der Waals surface area contributed by atoms with Gasteiger partial charge in [-0.05, 0) is 12.8 Å². The average molecular weight is 207 g/mol. The third-order valence-electron chi connectivity index (χ3n) is 2.57. The number of piperidine rings is 1. The van der Waals surface area contributed by atoms with Gasteiger partial charge in [-0.3, -0.25) is 4.79 Å². The number of carbonyl (C=O) groups excluding carboxylic acids is 1. The van der Waals surface area contributed by atoms with Crippen molar-refractivity contribution >= 4 is 12.1 Å². The van der Waals surface area contributed by atoms with Crippen molar-refractivity contribution in [1.82, 2.24) is 9.97 Å². The number of aromatic nitrogens is 2. The van der Waals surface area contributed by atoms with E-state index in [-0.39, 0.29) is 6.10 Å². The van der Waals surface area contributed by atoms with Crippen LogP contribution in [0.15, 0.2) is 12.4 Å². The Labute approximate surface area is 87.8 Å². The highest BCUT2D eigenvalue weighted by atomic mass is 16.3. The Balaban J connectivity index is 2.06. The zero-order valence-corrected chi connectivity index (χ0v) is 8.33. The molecule has 2 heterocycles. The number of hydrogen-bond donors (Lipinski definition) is 1. The number of rotatable bonds is 2. The van der Waals surface area contributed by atoms with E-state index in [0.29, 0.717) is 12.0 Å². The van der Waals surface area contributed by atoms with Gasteiger partial charge in [-0.1, -0.05) is 0 Å². The predicted molar refractivity (Wildman–Crippen MR) is 54.9 cm³/mol. The van der Waals surface area contributed by atoms with Gasteiger partial charge in [0.1, 0.15) is 11.5 Å². The maximum atomic E-state index is 10.4. The first-order chi connectivity index (χ1) is 7.29. The monoisotopic (exact) mass is 207 g/mol. The Morgan fingerprint density at radius 2 is 2.07 bits per heavy atom. The molecule has 5 nitrogen and oxygen atoms in total. The van der Waals surface area contributed by atoms with E-state index in [1.54, 1.807) is 6.20 Å². The first-order valence-electron chi connectivity index (χ1n) is 5.00. The van der Waals surface area contributed by atoms with Crippen molar-refractivity contribution in [2.24, 2.45) is 0 Å². The lowest BCUT2D eigenvalue weighted by Crippen LogP contribution is -2.36. The number of nitrogens with zero attached hydrogens (tertiary/aromatic N) is 3. The van der Waals surface area contributed by atoms with Crippen molar-refractivity contribution in [1.29, 1.82) is 0 Å². The van der Waals surface area contributed by atoms with Gasteiger partial charge >= 0.3 is 0 Å². The van der Waals surface area contributed by atoms with Gasteiger partial charge in [0.05, 0.1) is 18.5 Å². The summed E-state index contributed by atoms with van der Waals surface area (Å²) in [7, 11) is 0. The van der Waals surface area contributed by atoms with E-state index >= 15 is 0 Å². The first kappa shape index (κ1) is 10.0. The summed E-state index contributed by atoms with van der Waals surface area (Å²) < 4.78 is 0. The zero-order valence-electron chi connectivity index (χ0n) is 8.33. The minimum atomic E-state index is -0.191. The van der Waals surface area contributed by atoms with Crippen molar-refractivity contribution in [3.8, 4) is 0 Å². The fraction of sp³-hybridized carbons (Fsp3) is 0.500. The summed E-state index contributed by atoms with van der Waals surface area (Å²) in [6.07, 6.45) is 5.07. The van der Waals surface area contributed by atoms with Gasteiger partial charge in [0.25, 0.3) is 0 Å². The van der Waals surface area contributed by atoms with E-state index in [4.69, 9.17) is 0 Å². The zero-order chi connectivity index (χ0) is 10.7. The lowest BCUT2D eigenvalue weighted by Gasteiger charge is -2.30. The van der Waals surface area contributed by atoms with Gasteiger partial charge in [-0.15, -0.1) is 0 Å². The molecule has 1 aliphatic heterocycles. The summed E-state index contributed by atoms with van der Waals surface area (Å²) in [5.41, 5.74) is 0.343. The smallest absolute Gasteiger partial charge is 0.170 e. The number of carbonyl (C=O) groups is 1. The third kappa shape index (κ3) is 2.30. The van der Waals surface area contributed by atoms with Crippen molar-refractivity contribution in [3.05, 3.63) is 18.1 Å². The van der Waals surface area contributed by atoms with Crippen molar-refractivity contribution in [3.63, 3.8) is 0 Å². The Kier molecular flexibility index (Phi) is 2.91. The Bertz CT molecular complexity index is 331. The summed E-state index contributed by atoms with van der Waals surface area (Å²) in [6, 6.07) is 0. The second-order valence-corrected chi connectivity index (χ2v) is 3.64. The Morgan fingerprint density at radius 3 is 2.60 bits per heavy atom. The minimum Gasteiger partial charge on any atom is -0.393 e. The molecule has 1 aromatic heterocycles. The summed E-state index contributed by atoms with van der Waals surface area (Å²) in [6.45, 7) is 1.58. The van der Waals surface area contributed by atoms with Gasteiger partial charge in [-0.25, -0.2) is 9.97 Å². The molecule has 2 rings (SSSR count). The van der Waals surface area contributed by atoms with E-state index in [1.807, 2.05) is 0 Å². The largest absolute Gasteiger partial charge is 0.393 e. The van der Waals surface area contributed by atoms with Crippen LogP contribution in [-0.4, -0.2) is 40.6 Å². The second kappa shape index (κ2) is 4.35. The van der Waals surface area contributed by atoms with Crippen LogP contribution in [0.5, 0.6) is 0 Å². The highest BCUT2D eigenvalue weighted by Crippen LogP contribution is 2.16. The molecule has 80 valence electrons. The number of aliphatic hydroxyl groups is 1. The van der Waals surface area contributed by atoms with Crippen LogP contribution in [-0.2, 0) is 0 Å². The van der Waals surface area contributed by atoms with Crippen LogP contribution in [0.25, 0.3) is 0 Å². The number of aliphatic hydroxyl groups excluding tert-OH is 1. The van der Waals surface area contributed by atoms with Gasteiger partial charge in [0.2, 0.25) is 0 Å². The quantitative estimate of drug-likeness (QED) is 0.704. The lowest BCUT2D eigenvalue weighted by molar-refractivity contribution is 0.111. The number of hydrogen-bond acceptors (Lipinski definition) is 5. The summed E-state index contributed by atoms with van der Waals surface area (Å²) in [5.74, 6) is 0.771. The SMILES string of the molecule is O=Cc1cnc(N2CCC(O)CC2)cn1. The molecule has 1 aromatic rings. The van der Waals surface area contributed by atoms with Crippen LogP contribution >= 0.6 is 0 Å². The van der Waals surface area contributed by atoms with E-state index in [2.05, 4.69) is 14.9 Å². The molecule has 1 fully saturated rings. The standard InChI is InChI=1S/C10H13N3O2/c14-7-8-5-12-10(6-11-8)13-3-1-9(15)2-4-13/h5-7,9,15H,1-4H2. The topological polar surface area (TPSA) is 66.3 Å². The average Bonchev–Trinajstić information content (AvgIpc) is 2.30. The number of anilines is 1. The molecule has 0 bridgehead atoms. The third-order valence-corrected chi connectivity index (χ3v) is 2.57. The minimum absolute atomic E-state index is 0.191. The summed E-state index contributed by atoms with van der Waals surface area (Å²) in [5, 5.41) is 9.35. The molecule has 0 spiro atoms. The lowest BCUT2D eigenvalue weighted by atomic mass is 10.1. The predicted octanol–water partition coefficient (Wildman–Crippen LogP) is 0.250. The van der Waals surface area contributed by atoms with Crippen LogP contribution in [0.1, 0.15) is 23.3 Å². The van der Waals surface area contributed by atoms with Crippen LogP contribution in [0.2, 0.25) is 0 Å². The molecule has 1 N–H and O–H groups in total.